The molecule has 0 N–H and O–H groups in total. The van der Waals surface area contributed by atoms with Crippen LogP contribution in [0.4, 0.5) is 0 Å². The molecule has 0 amide bonds. The van der Waals surface area contributed by atoms with Crippen LogP contribution in [-0.4, -0.2) is 14.5 Å². The maximum absolute atomic E-state index is 5.14. The topological polar surface area (TPSA) is 30.7 Å². The summed E-state index contributed by atoms with van der Waals surface area (Å²) in [6.07, 6.45) is 0. The van der Waals surface area contributed by atoms with Crippen molar-refractivity contribution in [2.24, 2.45) is 0 Å². The van der Waals surface area contributed by atoms with Crippen molar-refractivity contribution in [2.45, 2.75) is 12.3 Å². The SMILES string of the molecule is CC1(c2ccccc2)c2ccccc2-c2cc3c(cc21)c1ccccc1n3-c1ccc(-c2cc(-c3ccc(-c4ccccc4)cc3)nc(-c3ccccc3)n2)cc1. The van der Waals surface area contributed by atoms with Gasteiger partial charge in [0.15, 0.2) is 5.82 Å². The first-order chi connectivity index (χ1) is 28.1. The van der Waals surface area contributed by atoms with E-state index in [0.717, 1.165) is 33.8 Å². The standard InChI is InChI=1S/C54H37N3/c1-54(41-19-9-4-10-20-41)47-23-13-11-21-43(47)45-34-52-46(33-48(45)54)44-22-12-14-24-51(44)57(52)42-31-29-39(30-32-42)50-35-49(55-53(56-50)40-17-7-3-8-18-40)38-27-25-37(26-28-38)36-15-5-2-6-16-36/h2-35H,1H3. The van der Waals surface area contributed by atoms with E-state index >= 15 is 0 Å². The van der Waals surface area contributed by atoms with Crippen LogP contribution in [0.25, 0.3) is 83.6 Å². The first-order valence-electron chi connectivity index (χ1n) is 19.6. The molecular formula is C54H37N3. The molecule has 0 radical (unpaired) electrons. The minimum absolute atomic E-state index is 0.259. The highest BCUT2D eigenvalue weighted by Crippen LogP contribution is 2.54. The number of benzene rings is 8. The third-order valence-corrected chi connectivity index (χ3v) is 11.9. The molecule has 10 aromatic rings. The lowest BCUT2D eigenvalue weighted by Crippen LogP contribution is -2.22. The van der Waals surface area contributed by atoms with Crippen LogP contribution in [0.5, 0.6) is 0 Å². The molecule has 1 aliphatic carbocycles. The predicted molar refractivity (Wildman–Crippen MR) is 236 cm³/mol. The highest BCUT2D eigenvalue weighted by atomic mass is 15.0. The molecule has 2 aromatic heterocycles. The highest BCUT2D eigenvalue weighted by molar-refractivity contribution is 6.11. The van der Waals surface area contributed by atoms with Crippen LogP contribution in [-0.2, 0) is 5.41 Å². The maximum atomic E-state index is 5.14. The molecule has 1 atom stereocenters. The average molecular weight is 728 g/mol. The minimum atomic E-state index is -0.259. The van der Waals surface area contributed by atoms with Crippen LogP contribution in [0.2, 0.25) is 0 Å². The third kappa shape index (κ3) is 5.35. The van der Waals surface area contributed by atoms with Crippen LogP contribution in [0.1, 0.15) is 23.6 Å². The Bertz CT molecular complexity index is 3090. The van der Waals surface area contributed by atoms with Crippen molar-refractivity contribution in [2.75, 3.05) is 0 Å². The number of rotatable bonds is 6. The fourth-order valence-corrected chi connectivity index (χ4v) is 9.02. The van der Waals surface area contributed by atoms with E-state index in [1.54, 1.807) is 0 Å². The van der Waals surface area contributed by atoms with Gasteiger partial charge < -0.3 is 4.57 Å². The lowest BCUT2D eigenvalue weighted by Gasteiger charge is -2.28. The number of para-hydroxylation sites is 1. The quantitative estimate of drug-likeness (QED) is 0.171. The normalized spacial score (nSPS) is 14.5. The first kappa shape index (κ1) is 33.0. The zero-order chi connectivity index (χ0) is 37.9. The molecule has 3 nitrogen and oxygen atoms in total. The van der Waals surface area contributed by atoms with E-state index in [1.165, 1.54) is 60.8 Å². The second-order valence-corrected chi connectivity index (χ2v) is 15.1. The molecular weight excluding hydrogens is 691 g/mol. The Morgan fingerprint density at radius 3 is 1.63 bits per heavy atom. The largest absolute Gasteiger partial charge is 0.309 e. The van der Waals surface area contributed by atoms with Gasteiger partial charge in [0.25, 0.3) is 0 Å². The van der Waals surface area contributed by atoms with Gasteiger partial charge in [0.2, 0.25) is 0 Å². The maximum Gasteiger partial charge on any atom is 0.160 e. The van der Waals surface area contributed by atoms with Crippen molar-refractivity contribution in [3.05, 3.63) is 223 Å². The number of hydrogen-bond donors (Lipinski definition) is 0. The molecule has 0 saturated carbocycles. The fourth-order valence-electron chi connectivity index (χ4n) is 9.02. The van der Waals surface area contributed by atoms with Gasteiger partial charge in [-0.25, -0.2) is 9.97 Å². The smallest absolute Gasteiger partial charge is 0.160 e. The Morgan fingerprint density at radius 2 is 0.930 bits per heavy atom. The summed E-state index contributed by atoms with van der Waals surface area (Å²) in [4.78, 5) is 10.2. The van der Waals surface area contributed by atoms with Gasteiger partial charge in [-0.15, -0.1) is 0 Å². The fraction of sp³-hybridized carbons (Fsp3) is 0.0370. The van der Waals surface area contributed by atoms with Crippen LogP contribution >= 0.6 is 0 Å². The van der Waals surface area contributed by atoms with E-state index in [-0.39, 0.29) is 5.41 Å². The van der Waals surface area contributed by atoms with Crippen LogP contribution < -0.4 is 0 Å². The van der Waals surface area contributed by atoms with Crippen molar-refractivity contribution in [3.63, 3.8) is 0 Å². The lowest BCUT2D eigenvalue weighted by molar-refractivity contribution is 0.715. The summed E-state index contributed by atoms with van der Waals surface area (Å²) in [6, 6.07) is 73.9. The van der Waals surface area contributed by atoms with Gasteiger partial charge in [0.05, 0.1) is 22.4 Å². The van der Waals surface area contributed by atoms with Gasteiger partial charge in [-0.05, 0) is 82.3 Å². The van der Waals surface area contributed by atoms with Gasteiger partial charge >= 0.3 is 0 Å². The number of nitrogens with zero attached hydrogens (tertiary/aromatic N) is 3. The van der Waals surface area contributed by atoms with Crippen molar-refractivity contribution in [1.29, 1.82) is 0 Å². The van der Waals surface area contributed by atoms with E-state index in [1.807, 2.05) is 24.3 Å². The molecule has 2 heterocycles. The summed E-state index contributed by atoms with van der Waals surface area (Å²) < 4.78 is 2.42. The van der Waals surface area contributed by atoms with Crippen molar-refractivity contribution < 1.29 is 0 Å². The van der Waals surface area contributed by atoms with Crippen molar-refractivity contribution >= 4 is 21.8 Å². The monoisotopic (exact) mass is 727 g/mol. The molecule has 0 fully saturated rings. The Morgan fingerprint density at radius 1 is 0.386 bits per heavy atom. The van der Waals surface area contributed by atoms with Gasteiger partial charge in [-0.2, -0.15) is 0 Å². The Labute approximate surface area is 332 Å². The molecule has 57 heavy (non-hydrogen) atoms. The Kier molecular flexibility index (Phi) is 7.61. The van der Waals surface area contributed by atoms with Gasteiger partial charge in [-0.3, -0.25) is 0 Å². The molecule has 8 aromatic carbocycles. The predicted octanol–water partition coefficient (Wildman–Crippen LogP) is 13.6. The highest BCUT2D eigenvalue weighted by Gasteiger charge is 2.41. The molecule has 1 unspecified atom stereocenters. The summed E-state index contributed by atoms with van der Waals surface area (Å²) in [6.45, 7) is 2.39. The minimum Gasteiger partial charge on any atom is -0.309 e. The molecule has 1 aliphatic rings. The zero-order valence-electron chi connectivity index (χ0n) is 31.5. The summed E-state index contributed by atoms with van der Waals surface area (Å²) >= 11 is 0. The van der Waals surface area contributed by atoms with E-state index in [0.29, 0.717) is 5.82 Å². The molecule has 0 aliphatic heterocycles. The number of fused-ring (bicyclic) bond motifs is 6. The first-order valence-corrected chi connectivity index (χ1v) is 19.6. The number of aromatic nitrogens is 3. The van der Waals surface area contributed by atoms with Crippen LogP contribution in [0, 0.1) is 0 Å². The zero-order valence-corrected chi connectivity index (χ0v) is 31.5. The summed E-state index contributed by atoms with van der Waals surface area (Å²) in [5.74, 6) is 0.707. The van der Waals surface area contributed by atoms with Crippen molar-refractivity contribution in [3.8, 4) is 61.8 Å². The van der Waals surface area contributed by atoms with E-state index in [2.05, 4.69) is 193 Å². The third-order valence-electron chi connectivity index (χ3n) is 11.9. The molecule has 0 spiro atoms. The molecule has 0 saturated heterocycles. The molecule has 11 rings (SSSR count). The van der Waals surface area contributed by atoms with Crippen LogP contribution in [0.3, 0.4) is 0 Å². The van der Waals surface area contributed by atoms with E-state index in [9.17, 15) is 0 Å². The van der Waals surface area contributed by atoms with Gasteiger partial charge in [0, 0.05) is 38.6 Å². The van der Waals surface area contributed by atoms with E-state index in [4.69, 9.17) is 9.97 Å². The lowest BCUT2D eigenvalue weighted by atomic mass is 9.74. The Balaban J connectivity index is 1.04. The van der Waals surface area contributed by atoms with Crippen molar-refractivity contribution in [1.82, 2.24) is 14.5 Å². The second-order valence-electron chi connectivity index (χ2n) is 15.1. The summed E-state index contributed by atoms with van der Waals surface area (Å²) in [7, 11) is 0. The van der Waals surface area contributed by atoms with E-state index < -0.39 is 0 Å². The molecule has 0 bridgehead atoms. The Hall–Kier alpha value is -7.36. The second kappa shape index (κ2) is 13.1. The molecule has 3 heteroatoms. The van der Waals surface area contributed by atoms with Crippen LogP contribution in [0.15, 0.2) is 206 Å². The number of hydrogen-bond acceptors (Lipinski definition) is 2. The molecule has 268 valence electrons. The average Bonchev–Trinajstić information content (AvgIpc) is 3.75. The van der Waals surface area contributed by atoms with Gasteiger partial charge in [0.1, 0.15) is 0 Å². The van der Waals surface area contributed by atoms with Gasteiger partial charge in [-0.1, -0.05) is 170 Å². The summed E-state index contributed by atoms with van der Waals surface area (Å²) in [5, 5.41) is 2.51. The summed E-state index contributed by atoms with van der Waals surface area (Å²) in [5.41, 5.74) is 17.1.